The fourth-order valence-corrected chi connectivity index (χ4v) is 2.66. The van der Waals surface area contributed by atoms with Gasteiger partial charge in [0.2, 0.25) is 5.89 Å². The van der Waals surface area contributed by atoms with Crippen molar-refractivity contribution in [3.05, 3.63) is 11.7 Å². The first-order valence-electron chi connectivity index (χ1n) is 7.20. The molecule has 2 atom stereocenters. The zero-order chi connectivity index (χ0) is 14.0. The molecule has 19 heavy (non-hydrogen) atoms. The van der Waals surface area contributed by atoms with Crippen LogP contribution in [-0.4, -0.2) is 33.7 Å². The third-order valence-electron chi connectivity index (χ3n) is 3.90. The third-order valence-corrected chi connectivity index (χ3v) is 3.90. The Kier molecular flexibility index (Phi) is 4.26. The normalized spacial score (nSPS) is 25.7. The standard InChI is InChI=1S/C14H26N4O/c1-10-6-5-7-11(8-15)18(10)9-12-16-13(19-17-12)14(2,3)4/h10-11H,5-9,15H2,1-4H3. The van der Waals surface area contributed by atoms with Gasteiger partial charge in [-0.05, 0) is 19.8 Å². The highest BCUT2D eigenvalue weighted by Crippen LogP contribution is 2.25. The second-order valence-electron chi connectivity index (χ2n) is 6.61. The zero-order valence-corrected chi connectivity index (χ0v) is 12.5. The Labute approximate surface area is 115 Å². The van der Waals surface area contributed by atoms with Gasteiger partial charge in [0.05, 0.1) is 6.54 Å². The monoisotopic (exact) mass is 266 g/mol. The topological polar surface area (TPSA) is 68.2 Å². The van der Waals surface area contributed by atoms with Crippen LogP contribution >= 0.6 is 0 Å². The molecule has 1 aromatic rings. The zero-order valence-electron chi connectivity index (χ0n) is 12.5. The van der Waals surface area contributed by atoms with E-state index in [0.29, 0.717) is 24.5 Å². The summed E-state index contributed by atoms with van der Waals surface area (Å²) in [6.07, 6.45) is 3.66. The van der Waals surface area contributed by atoms with Gasteiger partial charge in [0.1, 0.15) is 0 Å². The van der Waals surface area contributed by atoms with Gasteiger partial charge in [-0.15, -0.1) is 0 Å². The maximum atomic E-state index is 5.88. The van der Waals surface area contributed by atoms with E-state index in [1.807, 2.05) is 0 Å². The van der Waals surface area contributed by atoms with Gasteiger partial charge in [-0.25, -0.2) is 0 Å². The molecule has 1 aliphatic heterocycles. The molecule has 1 fully saturated rings. The second-order valence-corrected chi connectivity index (χ2v) is 6.61. The smallest absolute Gasteiger partial charge is 0.232 e. The average molecular weight is 266 g/mol. The Morgan fingerprint density at radius 1 is 1.37 bits per heavy atom. The molecule has 0 aromatic carbocycles. The van der Waals surface area contributed by atoms with E-state index in [4.69, 9.17) is 10.3 Å². The number of hydrogen-bond donors (Lipinski definition) is 1. The van der Waals surface area contributed by atoms with Crippen LogP contribution in [0, 0.1) is 0 Å². The van der Waals surface area contributed by atoms with Crippen LogP contribution in [0.3, 0.4) is 0 Å². The van der Waals surface area contributed by atoms with Gasteiger partial charge in [0, 0.05) is 24.0 Å². The van der Waals surface area contributed by atoms with E-state index in [1.165, 1.54) is 19.3 Å². The van der Waals surface area contributed by atoms with Crippen molar-refractivity contribution in [1.29, 1.82) is 0 Å². The van der Waals surface area contributed by atoms with E-state index in [-0.39, 0.29) is 5.41 Å². The first-order valence-corrected chi connectivity index (χ1v) is 7.20. The molecule has 0 spiro atoms. The quantitative estimate of drug-likeness (QED) is 0.907. The molecule has 0 bridgehead atoms. The highest BCUT2D eigenvalue weighted by Gasteiger charge is 2.29. The van der Waals surface area contributed by atoms with Gasteiger partial charge < -0.3 is 10.3 Å². The lowest BCUT2D eigenvalue weighted by Crippen LogP contribution is -2.48. The van der Waals surface area contributed by atoms with Crippen LogP contribution in [0.1, 0.15) is 58.7 Å². The van der Waals surface area contributed by atoms with Crippen molar-refractivity contribution in [1.82, 2.24) is 15.0 Å². The van der Waals surface area contributed by atoms with Crippen LogP contribution in [0.2, 0.25) is 0 Å². The summed E-state index contributed by atoms with van der Waals surface area (Å²) in [6, 6.07) is 0.985. The summed E-state index contributed by atoms with van der Waals surface area (Å²) in [7, 11) is 0. The van der Waals surface area contributed by atoms with Gasteiger partial charge in [-0.1, -0.05) is 32.3 Å². The van der Waals surface area contributed by atoms with Crippen molar-refractivity contribution >= 4 is 0 Å². The molecule has 2 heterocycles. The van der Waals surface area contributed by atoms with E-state index in [1.54, 1.807) is 0 Å². The third kappa shape index (κ3) is 3.34. The van der Waals surface area contributed by atoms with E-state index < -0.39 is 0 Å². The highest BCUT2D eigenvalue weighted by atomic mass is 16.5. The maximum Gasteiger partial charge on any atom is 0.232 e. The Morgan fingerprint density at radius 2 is 2.11 bits per heavy atom. The molecule has 0 saturated carbocycles. The van der Waals surface area contributed by atoms with Crippen LogP contribution in [0.25, 0.3) is 0 Å². The van der Waals surface area contributed by atoms with Gasteiger partial charge in [-0.3, -0.25) is 4.90 Å². The minimum atomic E-state index is -0.0912. The number of nitrogens with two attached hydrogens (primary N) is 1. The fourth-order valence-electron chi connectivity index (χ4n) is 2.66. The van der Waals surface area contributed by atoms with E-state index >= 15 is 0 Å². The summed E-state index contributed by atoms with van der Waals surface area (Å²) < 4.78 is 5.36. The molecule has 1 aliphatic rings. The first kappa shape index (κ1) is 14.5. The van der Waals surface area contributed by atoms with Gasteiger partial charge >= 0.3 is 0 Å². The Morgan fingerprint density at radius 3 is 2.68 bits per heavy atom. The number of nitrogens with zero attached hydrogens (tertiary/aromatic N) is 3. The van der Waals surface area contributed by atoms with Crippen LogP contribution in [0.15, 0.2) is 4.52 Å². The Hall–Kier alpha value is -0.940. The molecule has 5 heteroatoms. The minimum absolute atomic E-state index is 0.0912. The fraction of sp³-hybridized carbons (Fsp3) is 0.857. The summed E-state index contributed by atoms with van der Waals surface area (Å²) in [5.74, 6) is 1.48. The molecule has 5 nitrogen and oxygen atoms in total. The number of piperidine rings is 1. The van der Waals surface area contributed by atoms with Crippen molar-refractivity contribution in [3.8, 4) is 0 Å². The molecule has 1 aromatic heterocycles. The van der Waals surface area contributed by atoms with Crippen LogP contribution in [-0.2, 0) is 12.0 Å². The van der Waals surface area contributed by atoms with Gasteiger partial charge in [0.25, 0.3) is 0 Å². The molecular weight excluding hydrogens is 240 g/mol. The highest BCUT2D eigenvalue weighted by molar-refractivity contribution is 4.99. The van der Waals surface area contributed by atoms with E-state index in [0.717, 1.165) is 12.4 Å². The van der Waals surface area contributed by atoms with Gasteiger partial charge in [-0.2, -0.15) is 4.98 Å². The second kappa shape index (κ2) is 5.59. The Balaban J connectivity index is 2.08. The maximum absolute atomic E-state index is 5.88. The molecule has 0 amide bonds. The molecule has 0 radical (unpaired) electrons. The number of rotatable bonds is 3. The first-order chi connectivity index (χ1) is 8.91. The SMILES string of the molecule is CC1CCCC(CN)N1Cc1noc(C(C)(C)C)n1. The molecule has 2 unspecified atom stereocenters. The van der Waals surface area contributed by atoms with E-state index in [2.05, 4.69) is 42.7 Å². The largest absolute Gasteiger partial charge is 0.339 e. The van der Waals surface area contributed by atoms with Crippen molar-refractivity contribution in [2.24, 2.45) is 5.73 Å². The number of aromatic nitrogens is 2. The summed E-state index contributed by atoms with van der Waals surface area (Å²) in [5.41, 5.74) is 5.79. The molecule has 108 valence electrons. The Bertz CT molecular complexity index is 410. The predicted octanol–water partition coefficient (Wildman–Crippen LogP) is 2.07. The number of hydrogen-bond acceptors (Lipinski definition) is 5. The van der Waals surface area contributed by atoms with Crippen molar-refractivity contribution in [2.45, 2.75) is 71.0 Å². The summed E-state index contributed by atoms with van der Waals surface area (Å²) in [6.45, 7) is 9.94. The summed E-state index contributed by atoms with van der Waals surface area (Å²) in [4.78, 5) is 6.94. The average Bonchev–Trinajstić information content (AvgIpc) is 2.80. The lowest BCUT2D eigenvalue weighted by Gasteiger charge is -2.39. The lowest BCUT2D eigenvalue weighted by molar-refractivity contribution is 0.0854. The molecular formula is C14H26N4O. The van der Waals surface area contributed by atoms with Gasteiger partial charge in [0.15, 0.2) is 5.82 Å². The minimum Gasteiger partial charge on any atom is -0.339 e. The van der Waals surface area contributed by atoms with E-state index in [9.17, 15) is 0 Å². The molecule has 2 rings (SSSR count). The predicted molar refractivity (Wildman–Crippen MR) is 74.7 cm³/mol. The van der Waals surface area contributed by atoms with Crippen LogP contribution in [0.4, 0.5) is 0 Å². The van der Waals surface area contributed by atoms with Crippen molar-refractivity contribution < 1.29 is 4.52 Å². The molecule has 1 saturated heterocycles. The molecule has 2 N–H and O–H groups in total. The van der Waals surface area contributed by atoms with Crippen molar-refractivity contribution in [2.75, 3.05) is 6.54 Å². The lowest BCUT2D eigenvalue weighted by atomic mass is 9.96. The van der Waals surface area contributed by atoms with Crippen molar-refractivity contribution in [3.63, 3.8) is 0 Å². The molecule has 0 aliphatic carbocycles. The van der Waals surface area contributed by atoms with Crippen LogP contribution in [0.5, 0.6) is 0 Å². The summed E-state index contributed by atoms with van der Waals surface area (Å²) in [5, 5.41) is 4.11. The number of likely N-dealkylation sites (tertiary alicyclic amines) is 1. The summed E-state index contributed by atoms with van der Waals surface area (Å²) >= 11 is 0. The van der Waals surface area contributed by atoms with Crippen LogP contribution < -0.4 is 5.73 Å².